The Balaban J connectivity index is 2.15. The molecular formula is C18H12BrFN2O. The molecule has 1 N–H and O–H groups in total. The number of carbonyl (C=O) groups excluding carboxylic acids is 1. The molecule has 2 aromatic rings. The Kier molecular flexibility index (Phi) is 5.84. The molecule has 5 heteroatoms. The molecule has 2 aromatic carbocycles. The number of amides is 1. The number of nitrogens with zero attached hydrogens (tertiary/aromatic N) is 1. The standard InChI is InChI=1S/C18H12BrFN2O/c19-15(10-13-4-2-1-3-5-13)11-14(12-21)18(23)22-17-8-6-16(20)7-9-17/h1-11H,(H,22,23)/b14-11+,15-10-. The Morgan fingerprint density at radius 3 is 2.39 bits per heavy atom. The molecule has 0 heterocycles. The monoisotopic (exact) mass is 370 g/mol. The zero-order valence-corrected chi connectivity index (χ0v) is 13.5. The average molecular weight is 371 g/mol. The maximum absolute atomic E-state index is 12.8. The van der Waals surface area contributed by atoms with Gasteiger partial charge in [0.15, 0.2) is 0 Å². The van der Waals surface area contributed by atoms with Crippen LogP contribution in [0.4, 0.5) is 10.1 Å². The fourth-order valence-electron chi connectivity index (χ4n) is 1.77. The number of nitrogens with one attached hydrogen (secondary N) is 1. The Morgan fingerprint density at radius 1 is 1.13 bits per heavy atom. The van der Waals surface area contributed by atoms with E-state index in [9.17, 15) is 9.18 Å². The van der Waals surface area contributed by atoms with Crippen LogP contribution in [0.15, 0.2) is 70.7 Å². The number of hydrogen-bond donors (Lipinski definition) is 1. The van der Waals surface area contributed by atoms with Gasteiger partial charge < -0.3 is 5.32 Å². The van der Waals surface area contributed by atoms with Crippen molar-refractivity contribution in [2.24, 2.45) is 0 Å². The van der Waals surface area contributed by atoms with E-state index in [4.69, 9.17) is 5.26 Å². The van der Waals surface area contributed by atoms with Gasteiger partial charge in [-0.1, -0.05) is 46.3 Å². The molecule has 23 heavy (non-hydrogen) atoms. The van der Waals surface area contributed by atoms with Crippen molar-refractivity contribution >= 4 is 33.6 Å². The molecule has 0 saturated heterocycles. The quantitative estimate of drug-likeness (QED) is 0.483. The van der Waals surface area contributed by atoms with Crippen LogP contribution in [0.3, 0.4) is 0 Å². The summed E-state index contributed by atoms with van der Waals surface area (Å²) in [5.74, 6) is -0.954. The van der Waals surface area contributed by atoms with E-state index >= 15 is 0 Å². The highest BCUT2D eigenvalue weighted by Gasteiger charge is 2.09. The van der Waals surface area contributed by atoms with Crippen molar-refractivity contribution < 1.29 is 9.18 Å². The van der Waals surface area contributed by atoms with Gasteiger partial charge in [-0.25, -0.2) is 4.39 Å². The summed E-state index contributed by atoms with van der Waals surface area (Å²) in [5, 5.41) is 11.7. The molecule has 0 aromatic heterocycles. The minimum atomic E-state index is -0.558. The first-order valence-electron chi connectivity index (χ1n) is 6.69. The third kappa shape index (κ3) is 5.20. The fourth-order valence-corrected chi connectivity index (χ4v) is 2.26. The van der Waals surface area contributed by atoms with Gasteiger partial charge in [0.25, 0.3) is 5.91 Å². The van der Waals surface area contributed by atoms with Gasteiger partial charge in [-0.05, 0) is 42.0 Å². The van der Waals surface area contributed by atoms with Gasteiger partial charge in [-0.3, -0.25) is 4.79 Å². The van der Waals surface area contributed by atoms with Crippen LogP contribution in [0.2, 0.25) is 0 Å². The van der Waals surface area contributed by atoms with E-state index in [1.165, 1.54) is 30.3 Å². The predicted octanol–water partition coefficient (Wildman–Crippen LogP) is 4.65. The molecule has 0 unspecified atom stereocenters. The van der Waals surface area contributed by atoms with Crippen LogP contribution in [0.1, 0.15) is 5.56 Å². The van der Waals surface area contributed by atoms with Gasteiger partial charge >= 0.3 is 0 Å². The van der Waals surface area contributed by atoms with E-state index in [1.54, 1.807) is 6.08 Å². The smallest absolute Gasteiger partial charge is 0.266 e. The molecule has 0 aliphatic heterocycles. The summed E-state index contributed by atoms with van der Waals surface area (Å²) < 4.78 is 13.4. The van der Waals surface area contributed by atoms with Gasteiger partial charge in [0, 0.05) is 10.2 Å². The minimum absolute atomic E-state index is 0.0617. The zero-order valence-electron chi connectivity index (χ0n) is 12.0. The van der Waals surface area contributed by atoms with Crippen molar-refractivity contribution in [1.82, 2.24) is 0 Å². The first kappa shape index (κ1) is 16.7. The Labute approximate surface area is 141 Å². The fraction of sp³-hybridized carbons (Fsp3) is 0. The highest BCUT2D eigenvalue weighted by atomic mass is 79.9. The molecule has 0 fully saturated rings. The molecular weight excluding hydrogens is 359 g/mol. The normalized spacial score (nSPS) is 11.7. The number of anilines is 1. The largest absolute Gasteiger partial charge is 0.321 e. The van der Waals surface area contributed by atoms with Gasteiger partial charge in [0.2, 0.25) is 0 Å². The lowest BCUT2D eigenvalue weighted by molar-refractivity contribution is -0.112. The second-order valence-corrected chi connectivity index (χ2v) is 5.49. The SMILES string of the molecule is N#C/C(=C\C(Br)=C\c1ccccc1)C(=O)Nc1ccc(F)cc1. The lowest BCUT2D eigenvalue weighted by Gasteiger charge is -2.04. The summed E-state index contributed by atoms with van der Waals surface area (Å²) >= 11 is 3.32. The summed E-state index contributed by atoms with van der Waals surface area (Å²) in [4.78, 5) is 12.1. The second-order valence-electron chi connectivity index (χ2n) is 4.57. The summed E-state index contributed by atoms with van der Waals surface area (Å²) in [5.41, 5.74) is 1.29. The molecule has 2 rings (SSSR count). The number of halogens is 2. The van der Waals surface area contributed by atoms with Gasteiger partial charge in [0.1, 0.15) is 17.5 Å². The summed E-state index contributed by atoms with van der Waals surface area (Å²) in [7, 11) is 0. The Hall–Kier alpha value is -2.71. The van der Waals surface area contributed by atoms with Crippen LogP contribution in [-0.4, -0.2) is 5.91 Å². The van der Waals surface area contributed by atoms with Gasteiger partial charge in [-0.2, -0.15) is 5.26 Å². The van der Waals surface area contributed by atoms with Crippen LogP contribution >= 0.6 is 15.9 Å². The first-order chi connectivity index (χ1) is 11.1. The number of rotatable bonds is 4. The van der Waals surface area contributed by atoms with E-state index in [2.05, 4.69) is 21.2 Å². The van der Waals surface area contributed by atoms with Gasteiger partial charge in [-0.15, -0.1) is 0 Å². The summed E-state index contributed by atoms with van der Waals surface area (Å²) in [6.45, 7) is 0. The number of carbonyl (C=O) groups is 1. The number of hydrogen-bond acceptors (Lipinski definition) is 2. The van der Waals surface area contributed by atoms with Crippen LogP contribution in [0.5, 0.6) is 0 Å². The highest BCUT2D eigenvalue weighted by Crippen LogP contribution is 2.16. The summed E-state index contributed by atoms with van der Waals surface area (Å²) in [6.07, 6.45) is 3.23. The molecule has 1 amide bonds. The van der Waals surface area contributed by atoms with Crippen molar-refractivity contribution in [3.05, 3.63) is 82.1 Å². The molecule has 0 aliphatic carbocycles. The van der Waals surface area contributed by atoms with Crippen molar-refractivity contribution in [2.75, 3.05) is 5.32 Å². The topological polar surface area (TPSA) is 52.9 Å². The van der Waals surface area contributed by atoms with Crippen LogP contribution in [0, 0.1) is 17.1 Å². The molecule has 0 spiro atoms. The average Bonchev–Trinajstić information content (AvgIpc) is 2.55. The van der Waals surface area contributed by atoms with E-state index < -0.39 is 11.7 Å². The maximum atomic E-state index is 12.8. The van der Waals surface area contributed by atoms with Crippen molar-refractivity contribution in [1.29, 1.82) is 5.26 Å². The number of allylic oxidation sites excluding steroid dienone is 2. The lowest BCUT2D eigenvalue weighted by Crippen LogP contribution is -2.13. The molecule has 0 saturated carbocycles. The van der Waals surface area contributed by atoms with E-state index in [-0.39, 0.29) is 5.57 Å². The van der Waals surface area contributed by atoms with Crippen molar-refractivity contribution in [2.45, 2.75) is 0 Å². The van der Waals surface area contributed by atoms with Crippen LogP contribution in [0.25, 0.3) is 6.08 Å². The van der Waals surface area contributed by atoms with E-state index in [0.717, 1.165) is 5.56 Å². The van der Waals surface area contributed by atoms with Crippen molar-refractivity contribution in [3.8, 4) is 6.07 Å². The summed E-state index contributed by atoms with van der Waals surface area (Å²) in [6, 6.07) is 16.7. The number of nitriles is 1. The molecule has 0 atom stereocenters. The molecule has 0 aliphatic rings. The Morgan fingerprint density at radius 2 is 1.78 bits per heavy atom. The van der Waals surface area contributed by atoms with E-state index in [1.807, 2.05) is 36.4 Å². The van der Waals surface area contributed by atoms with Crippen molar-refractivity contribution in [3.63, 3.8) is 0 Å². The van der Waals surface area contributed by atoms with Crippen LogP contribution in [-0.2, 0) is 4.79 Å². The second kappa shape index (κ2) is 8.06. The molecule has 3 nitrogen and oxygen atoms in total. The third-order valence-electron chi connectivity index (χ3n) is 2.85. The Bertz CT molecular complexity index is 790. The molecule has 0 bridgehead atoms. The predicted molar refractivity (Wildman–Crippen MR) is 92.1 cm³/mol. The first-order valence-corrected chi connectivity index (χ1v) is 7.49. The third-order valence-corrected chi connectivity index (χ3v) is 3.31. The van der Waals surface area contributed by atoms with Crippen LogP contribution < -0.4 is 5.32 Å². The number of benzene rings is 2. The molecule has 114 valence electrons. The zero-order chi connectivity index (χ0) is 16.7. The molecule has 0 radical (unpaired) electrons. The van der Waals surface area contributed by atoms with Gasteiger partial charge in [0.05, 0.1) is 0 Å². The van der Waals surface area contributed by atoms with E-state index in [0.29, 0.717) is 10.2 Å². The minimum Gasteiger partial charge on any atom is -0.321 e. The lowest BCUT2D eigenvalue weighted by atomic mass is 10.2. The highest BCUT2D eigenvalue weighted by molar-refractivity contribution is 9.12. The maximum Gasteiger partial charge on any atom is 0.266 e.